The van der Waals surface area contributed by atoms with E-state index in [1.165, 1.54) is 89.0 Å². The highest BCUT2D eigenvalue weighted by Crippen LogP contribution is 2.14. The van der Waals surface area contributed by atoms with E-state index in [2.05, 4.69) is 31.2 Å². The van der Waals surface area contributed by atoms with Gasteiger partial charge in [0.25, 0.3) is 0 Å². The second-order valence-electron chi connectivity index (χ2n) is 8.46. The predicted molar refractivity (Wildman–Crippen MR) is 133 cm³/mol. The molecule has 172 valence electrons. The summed E-state index contributed by atoms with van der Waals surface area (Å²) in [6, 6.07) is 10.4. The number of esters is 1. The fourth-order valence-corrected chi connectivity index (χ4v) is 4.47. The Labute approximate surface area is 190 Å². The number of ether oxygens (including phenoxy) is 1. The molecule has 0 saturated carbocycles. The van der Waals surface area contributed by atoms with Crippen LogP contribution in [0.15, 0.2) is 30.3 Å². The van der Waals surface area contributed by atoms with Gasteiger partial charge >= 0.3 is 5.97 Å². The van der Waals surface area contributed by atoms with Gasteiger partial charge in [-0.25, -0.2) is 0 Å². The summed E-state index contributed by atoms with van der Waals surface area (Å²) >= 11 is 1.82. The van der Waals surface area contributed by atoms with E-state index in [4.69, 9.17) is 4.74 Å². The molecule has 2 nitrogen and oxygen atoms in total. The molecule has 0 saturated heterocycles. The van der Waals surface area contributed by atoms with E-state index in [-0.39, 0.29) is 5.97 Å². The van der Waals surface area contributed by atoms with Gasteiger partial charge in [-0.1, -0.05) is 127 Å². The molecule has 0 aromatic heterocycles. The van der Waals surface area contributed by atoms with E-state index >= 15 is 0 Å². The van der Waals surface area contributed by atoms with Crippen LogP contribution in [0.25, 0.3) is 0 Å². The Bertz CT molecular complexity index is 489. The standard InChI is InChI=1S/C27H46O2S/c1-2-3-4-5-6-7-8-9-10-11-12-13-14-15-19-22-27(28)29-23-24-30-25-26-20-17-16-18-21-26/h16-18,20-21H,2-15,19,22-25H2,1H3. The van der Waals surface area contributed by atoms with Crippen molar-refractivity contribution in [2.24, 2.45) is 0 Å². The highest BCUT2D eigenvalue weighted by atomic mass is 32.2. The van der Waals surface area contributed by atoms with Gasteiger partial charge in [0.1, 0.15) is 6.61 Å². The minimum atomic E-state index is -0.0231. The second kappa shape index (κ2) is 21.3. The van der Waals surface area contributed by atoms with Crippen LogP contribution >= 0.6 is 11.8 Å². The Morgan fingerprint density at radius 2 is 1.23 bits per heavy atom. The van der Waals surface area contributed by atoms with Crippen LogP contribution in [0.3, 0.4) is 0 Å². The van der Waals surface area contributed by atoms with Crippen molar-refractivity contribution in [3.05, 3.63) is 35.9 Å². The van der Waals surface area contributed by atoms with Gasteiger partial charge in [0, 0.05) is 17.9 Å². The van der Waals surface area contributed by atoms with Gasteiger partial charge < -0.3 is 4.74 Å². The first-order chi connectivity index (χ1) is 14.8. The van der Waals surface area contributed by atoms with Crippen molar-refractivity contribution < 1.29 is 9.53 Å². The third kappa shape index (κ3) is 17.9. The number of benzene rings is 1. The Morgan fingerprint density at radius 3 is 1.77 bits per heavy atom. The monoisotopic (exact) mass is 434 g/mol. The summed E-state index contributed by atoms with van der Waals surface area (Å²) in [6.45, 7) is 2.82. The van der Waals surface area contributed by atoms with Crippen LogP contribution in [-0.2, 0) is 15.3 Å². The number of unbranched alkanes of at least 4 members (excludes halogenated alkanes) is 14. The van der Waals surface area contributed by atoms with Gasteiger partial charge in [-0.3, -0.25) is 4.79 Å². The average Bonchev–Trinajstić information content (AvgIpc) is 2.77. The minimum Gasteiger partial charge on any atom is -0.465 e. The number of hydrogen-bond acceptors (Lipinski definition) is 3. The van der Waals surface area contributed by atoms with Crippen molar-refractivity contribution in [2.45, 2.75) is 115 Å². The van der Waals surface area contributed by atoms with Crippen molar-refractivity contribution in [2.75, 3.05) is 12.4 Å². The zero-order chi connectivity index (χ0) is 21.5. The number of carbonyl (C=O) groups excluding carboxylic acids is 1. The van der Waals surface area contributed by atoms with Gasteiger partial charge in [0.15, 0.2) is 0 Å². The van der Waals surface area contributed by atoms with Crippen molar-refractivity contribution in [3.63, 3.8) is 0 Å². The first kappa shape index (κ1) is 27.1. The third-order valence-electron chi connectivity index (χ3n) is 5.59. The Hall–Kier alpha value is -0.960. The molecule has 0 heterocycles. The molecule has 0 spiro atoms. The molecular weight excluding hydrogens is 388 g/mol. The van der Waals surface area contributed by atoms with E-state index in [0.29, 0.717) is 13.0 Å². The van der Waals surface area contributed by atoms with E-state index in [9.17, 15) is 4.79 Å². The van der Waals surface area contributed by atoms with Crippen LogP contribution in [0.1, 0.15) is 115 Å². The third-order valence-corrected chi connectivity index (χ3v) is 6.58. The van der Waals surface area contributed by atoms with Crippen molar-refractivity contribution in [3.8, 4) is 0 Å². The maximum absolute atomic E-state index is 11.8. The molecule has 0 atom stereocenters. The van der Waals surface area contributed by atoms with Crippen LogP contribution < -0.4 is 0 Å². The molecule has 1 aromatic rings. The predicted octanol–water partition coefficient (Wildman–Crippen LogP) is 8.72. The summed E-state index contributed by atoms with van der Waals surface area (Å²) in [5.41, 5.74) is 1.33. The van der Waals surface area contributed by atoms with Crippen LogP contribution in [0.2, 0.25) is 0 Å². The molecule has 0 aliphatic rings. The van der Waals surface area contributed by atoms with Crippen LogP contribution in [0.5, 0.6) is 0 Å². The van der Waals surface area contributed by atoms with Crippen molar-refractivity contribution in [1.82, 2.24) is 0 Å². The maximum Gasteiger partial charge on any atom is 0.305 e. The van der Waals surface area contributed by atoms with E-state index < -0.39 is 0 Å². The molecule has 0 N–H and O–H groups in total. The molecule has 0 aliphatic heterocycles. The molecule has 1 rings (SSSR count). The first-order valence-corrected chi connectivity index (χ1v) is 13.8. The SMILES string of the molecule is CCCCCCCCCCCCCCCCCC(=O)OCCSCc1ccccc1. The van der Waals surface area contributed by atoms with Gasteiger partial charge in [0.05, 0.1) is 0 Å². The zero-order valence-electron chi connectivity index (χ0n) is 19.5. The van der Waals surface area contributed by atoms with Gasteiger partial charge in [-0.05, 0) is 12.0 Å². The van der Waals surface area contributed by atoms with Crippen molar-refractivity contribution in [1.29, 1.82) is 0 Å². The summed E-state index contributed by atoms with van der Waals surface area (Å²) in [5.74, 6) is 1.83. The molecule has 30 heavy (non-hydrogen) atoms. The molecule has 0 fully saturated rings. The van der Waals surface area contributed by atoms with Crippen LogP contribution in [0.4, 0.5) is 0 Å². The molecule has 3 heteroatoms. The van der Waals surface area contributed by atoms with Gasteiger partial charge in [-0.15, -0.1) is 0 Å². The molecule has 0 bridgehead atoms. The van der Waals surface area contributed by atoms with Crippen LogP contribution in [0, 0.1) is 0 Å². The Morgan fingerprint density at radius 1 is 0.733 bits per heavy atom. The van der Waals surface area contributed by atoms with E-state index in [0.717, 1.165) is 24.3 Å². The summed E-state index contributed by atoms with van der Waals surface area (Å²) in [6.07, 6.45) is 20.8. The van der Waals surface area contributed by atoms with E-state index in [1.807, 2.05) is 17.8 Å². The largest absolute Gasteiger partial charge is 0.465 e. The number of hydrogen-bond donors (Lipinski definition) is 0. The quantitative estimate of drug-likeness (QED) is 0.143. The number of carbonyl (C=O) groups is 1. The Kier molecular flexibility index (Phi) is 19.2. The fraction of sp³-hybridized carbons (Fsp3) is 0.741. The van der Waals surface area contributed by atoms with Crippen LogP contribution in [-0.4, -0.2) is 18.3 Å². The highest BCUT2D eigenvalue weighted by molar-refractivity contribution is 7.98. The zero-order valence-corrected chi connectivity index (χ0v) is 20.4. The fourth-order valence-electron chi connectivity index (χ4n) is 3.69. The summed E-state index contributed by atoms with van der Waals surface area (Å²) in [7, 11) is 0. The van der Waals surface area contributed by atoms with Gasteiger partial charge in [0.2, 0.25) is 0 Å². The van der Waals surface area contributed by atoms with E-state index in [1.54, 1.807) is 0 Å². The molecule has 1 aromatic carbocycles. The average molecular weight is 435 g/mol. The van der Waals surface area contributed by atoms with Gasteiger partial charge in [-0.2, -0.15) is 11.8 Å². The lowest BCUT2D eigenvalue weighted by Gasteiger charge is -2.05. The minimum absolute atomic E-state index is 0.0231. The Balaban J connectivity index is 1.74. The lowest BCUT2D eigenvalue weighted by atomic mass is 10.0. The molecular formula is C27H46O2S. The number of thioether (sulfide) groups is 1. The smallest absolute Gasteiger partial charge is 0.305 e. The molecule has 0 aliphatic carbocycles. The number of rotatable bonds is 21. The molecule has 0 radical (unpaired) electrons. The molecule has 0 unspecified atom stereocenters. The maximum atomic E-state index is 11.8. The normalized spacial score (nSPS) is 11.0. The first-order valence-electron chi connectivity index (χ1n) is 12.6. The lowest BCUT2D eigenvalue weighted by Crippen LogP contribution is -2.07. The highest BCUT2D eigenvalue weighted by Gasteiger charge is 2.03. The topological polar surface area (TPSA) is 26.3 Å². The summed E-state index contributed by atoms with van der Waals surface area (Å²) < 4.78 is 5.34. The molecule has 0 amide bonds. The summed E-state index contributed by atoms with van der Waals surface area (Å²) in [5, 5.41) is 0. The van der Waals surface area contributed by atoms with Crippen molar-refractivity contribution >= 4 is 17.7 Å². The second-order valence-corrected chi connectivity index (χ2v) is 9.56. The summed E-state index contributed by atoms with van der Waals surface area (Å²) in [4.78, 5) is 11.8. The lowest BCUT2D eigenvalue weighted by molar-refractivity contribution is -0.143.